The molecule has 1 amide bonds. The van der Waals surface area contributed by atoms with E-state index in [0.717, 1.165) is 13.0 Å². The van der Waals surface area contributed by atoms with E-state index < -0.39 is 0 Å². The summed E-state index contributed by atoms with van der Waals surface area (Å²) >= 11 is 5.45. The Balaban J connectivity index is 3.56. The summed E-state index contributed by atoms with van der Waals surface area (Å²) in [5, 5.41) is 5.89. The van der Waals surface area contributed by atoms with E-state index in [1.165, 1.54) is 0 Å². The van der Waals surface area contributed by atoms with Gasteiger partial charge in [-0.15, -0.1) is 11.6 Å². The molecule has 0 saturated carbocycles. The zero-order chi connectivity index (χ0) is 10.8. The van der Waals surface area contributed by atoms with Gasteiger partial charge in [-0.3, -0.25) is 4.79 Å². The summed E-state index contributed by atoms with van der Waals surface area (Å²) in [5.74, 6) is 0.559. The molecule has 82 valence electrons. The first-order valence-corrected chi connectivity index (χ1v) is 5.47. The van der Waals surface area contributed by atoms with Crippen molar-refractivity contribution in [2.24, 2.45) is 0 Å². The van der Waals surface area contributed by atoms with Gasteiger partial charge in [-0.25, -0.2) is 0 Å². The maximum Gasteiger partial charge on any atom is 0.236 e. The van der Waals surface area contributed by atoms with Gasteiger partial charge in [0.1, 0.15) is 0 Å². The van der Waals surface area contributed by atoms with Gasteiger partial charge in [-0.1, -0.05) is 19.1 Å². The number of halogens is 1. The van der Waals surface area contributed by atoms with Crippen LogP contribution in [0.4, 0.5) is 0 Å². The van der Waals surface area contributed by atoms with E-state index in [1.54, 1.807) is 0 Å². The Labute approximate surface area is 90.9 Å². The van der Waals surface area contributed by atoms with Crippen molar-refractivity contribution < 1.29 is 4.79 Å². The predicted molar refractivity (Wildman–Crippen MR) is 60.6 cm³/mol. The van der Waals surface area contributed by atoms with Gasteiger partial charge in [-0.05, 0) is 13.3 Å². The number of allylic oxidation sites excluding steroid dienone is 1. The molecular weight excluding hydrogens is 200 g/mol. The Kier molecular flexibility index (Phi) is 8.68. The molecule has 0 heterocycles. The van der Waals surface area contributed by atoms with Crippen LogP contribution in [0.1, 0.15) is 20.3 Å². The molecule has 0 aromatic heterocycles. The third kappa shape index (κ3) is 6.92. The van der Waals surface area contributed by atoms with Crippen molar-refractivity contribution in [3.8, 4) is 0 Å². The second-order valence-corrected chi connectivity index (χ2v) is 3.36. The molecule has 0 aromatic carbocycles. The van der Waals surface area contributed by atoms with Crippen LogP contribution < -0.4 is 10.6 Å². The minimum absolute atomic E-state index is 0.0473. The summed E-state index contributed by atoms with van der Waals surface area (Å²) in [5.41, 5.74) is 0. The smallest absolute Gasteiger partial charge is 0.236 e. The highest BCUT2D eigenvalue weighted by molar-refractivity contribution is 6.18. The van der Waals surface area contributed by atoms with Crippen molar-refractivity contribution in [1.29, 1.82) is 0 Å². The molecule has 1 atom stereocenters. The SMILES string of the molecule is CCCNC(=O)C(C)NC/C=C/CCl. The van der Waals surface area contributed by atoms with Crippen molar-refractivity contribution in [3.63, 3.8) is 0 Å². The molecule has 0 rings (SSSR count). The van der Waals surface area contributed by atoms with E-state index in [-0.39, 0.29) is 11.9 Å². The first kappa shape index (κ1) is 13.5. The van der Waals surface area contributed by atoms with Crippen LogP contribution in [0.25, 0.3) is 0 Å². The van der Waals surface area contributed by atoms with Gasteiger partial charge in [0.05, 0.1) is 6.04 Å². The van der Waals surface area contributed by atoms with Gasteiger partial charge >= 0.3 is 0 Å². The molecule has 1 unspecified atom stereocenters. The summed E-state index contributed by atoms with van der Waals surface area (Å²) in [6.07, 6.45) is 4.73. The first-order valence-electron chi connectivity index (χ1n) is 4.94. The van der Waals surface area contributed by atoms with Crippen LogP contribution in [-0.4, -0.2) is 30.9 Å². The fourth-order valence-electron chi connectivity index (χ4n) is 0.885. The Morgan fingerprint density at radius 2 is 2.21 bits per heavy atom. The standard InChI is InChI=1S/C10H19ClN2O/c1-3-7-13-10(14)9(2)12-8-5-4-6-11/h4-5,9,12H,3,6-8H2,1-2H3,(H,13,14)/b5-4+. The molecule has 0 aliphatic rings. The number of rotatable bonds is 7. The minimum atomic E-state index is -0.151. The molecule has 0 spiro atoms. The molecule has 4 heteroatoms. The lowest BCUT2D eigenvalue weighted by Crippen LogP contribution is -2.42. The van der Waals surface area contributed by atoms with Gasteiger partial charge in [0.15, 0.2) is 0 Å². The summed E-state index contributed by atoms with van der Waals surface area (Å²) < 4.78 is 0. The Hall–Kier alpha value is -0.540. The lowest BCUT2D eigenvalue weighted by atomic mass is 10.3. The Bertz CT molecular complexity index is 183. The van der Waals surface area contributed by atoms with E-state index in [4.69, 9.17) is 11.6 Å². The van der Waals surface area contributed by atoms with Crippen LogP contribution in [0.2, 0.25) is 0 Å². The van der Waals surface area contributed by atoms with Crippen molar-refractivity contribution >= 4 is 17.5 Å². The van der Waals surface area contributed by atoms with E-state index in [9.17, 15) is 4.79 Å². The van der Waals surface area contributed by atoms with E-state index in [0.29, 0.717) is 12.4 Å². The summed E-state index contributed by atoms with van der Waals surface area (Å²) in [6, 6.07) is -0.151. The zero-order valence-corrected chi connectivity index (χ0v) is 9.60. The van der Waals surface area contributed by atoms with E-state index in [1.807, 2.05) is 26.0 Å². The maximum atomic E-state index is 11.3. The van der Waals surface area contributed by atoms with Gasteiger partial charge in [0.2, 0.25) is 5.91 Å². The largest absolute Gasteiger partial charge is 0.355 e. The van der Waals surface area contributed by atoms with Crippen LogP contribution in [0, 0.1) is 0 Å². The number of carbonyl (C=O) groups excluding carboxylic acids is 1. The predicted octanol–water partition coefficient (Wildman–Crippen LogP) is 1.29. The third-order valence-electron chi connectivity index (χ3n) is 1.74. The molecule has 0 fully saturated rings. The van der Waals surface area contributed by atoms with Crippen LogP contribution in [0.15, 0.2) is 12.2 Å². The van der Waals surface area contributed by atoms with E-state index >= 15 is 0 Å². The number of hydrogen-bond donors (Lipinski definition) is 2. The highest BCUT2D eigenvalue weighted by Crippen LogP contribution is 1.83. The van der Waals surface area contributed by atoms with Crippen molar-refractivity contribution in [3.05, 3.63) is 12.2 Å². The highest BCUT2D eigenvalue weighted by Gasteiger charge is 2.09. The second-order valence-electron chi connectivity index (χ2n) is 3.05. The summed E-state index contributed by atoms with van der Waals surface area (Å²) in [4.78, 5) is 11.3. The summed E-state index contributed by atoms with van der Waals surface area (Å²) in [6.45, 7) is 5.29. The maximum absolute atomic E-state index is 11.3. The van der Waals surface area contributed by atoms with Crippen LogP contribution in [-0.2, 0) is 4.79 Å². The number of carbonyl (C=O) groups is 1. The molecular formula is C10H19ClN2O. The molecule has 0 aliphatic carbocycles. The van der Waals surface area contributed by atoms with Gasteiger partial charge in [0.25, 0.3) is 0 Å². The van der Waals surface area contributed by atoms with Crippen molar-refractivity contribution in [1.82, 2.24) is 10.6 Å². The van der Waals surface area contributed by atoms with Gasteiger partial charge in [-0.2, -0.15) is 0 Å². The molecule has 0 aliphatic heterocycles. The third-order valence-corrected chi connectivity index (χ3v) is 1.92. The normalized spacial score (nSPS) is 13.1. The fraction of sp³-hybridized carbons (Fsp3) is 0.700. The fourth-order valence-corrected chi connectivity index (χ4v) is 1.01. The minimum Gasteiger partial charge on any atom is -0.355 e. The highest BCUT2D eigenvalue weighted by atomic mass is 35.5. The molecule has 0 bridgehead atoms. The lowest BCUT2D eigenvalue weighted by molar-refractivity contribution is -0.122. The molecule has 3 nitrogen and oxygen atoms in total. The Morgan fingerprint density at radius 3 is 2.79 bits per heavy atom. The summed E-state index contributed by atoms with van der Waals surface area (Å²) in [7, 11) is 0. The van der Waals surface area contributed by atoms with Crippen molar-refractivity contribution in [2.75, 3.05) is 19.0 Å². The first-order chi connectivity index (χ1) is 6.72. The molecule has 14 heavy (non-hydrogen) atoms. The van der Waals surface area contributed by atoms with Gasteiger partial charge < -0.3 is 10.6 Å². The van der Waals surface area contributed by atoms with Crippen molar-refractivity contribution in [2.45, 2.75) is 26.3 Å². The monoisotopic (exact) mass is 218 g/mol. The van der Waals surface area contributed by atoms with E-state index in [2.05, 4.69) is 10.6 Å². The number of hydrogen-bond acceptors (Lipinski definition) is 2. The molecule has 0 saturated heterocycles. The lowest BCUT2D eigenvalue weighted by Gasteiger charge is -2.11. The molecule has 0 aromatic rings. The average molecular weight is 219 g/mol. The zero-order valence-electron chi connectivity index (χ0n) is 8.85. The number of alkyl halides is 1. The Morgan fingerprint density at radius 1 is 1.50 bits per heavy atom. The average Bonchev–Trinajstić information content (AvgIpc) is 2.20. The van der Waals surface area contributed by atoms with Gasteiger partial charge in [0, 0.05) is 19.0 Å². The molecule has 0 radical (unpaired) electrons. The van der Waals surface area contributed by atoms with Crippen LogP contribution in [0.5, 0.6) is 0 Å². The quantitative estimate of drug-likeness (QED) is 0.500. The second kappa shape index (κ2) is 9.03. The van der Waals surface area contributed by atoms with Crippen LogP contribution >= 0.6 is 11.6 Å². The number of nitrogens with one attached hydrogen (secondary N) is 2. The number of amides is 1. The molecule has 2 N–H and O–H groups in total. The van der Waals surface area contributed by atoms with Crippen LogP contribution in [0.3, 0.4) is 0 Å². The topological polar surface area (TPSA) is 41.1 Å².